The van der Waals surface area contributed by atoms with Crippen LogP contribution in [0.1, 0.15) is 17.0 Å². The molecule has 146 valence electrons. The smallest absolute Gasteiger partial charge is 0.234 e. The molecule has 2 heterocycles. The SMILES string of the molecule is O=C(CSCc1ccccc1)Nc1ccccc1Cc1nc(-c2cccs2)no1. The van der Waals surface area contributed by atoms with Crippen LogP contribution in [0.4, 0.5) is 5.69 Å². The van der Waals surface area contributed by atoms with E-state index < -0.39 is 0 Å². The van der Waals surface area contributed by atoms with Gasteiger partial charge in [-0.3, -0.25) is 4.79 Å². The van der Waals surface area contributed by atoms with Crippen molar-refractivity contribution in [2.24, 2.45) is 0 Å². The van der Waals surface area contributed by atoms with Crippen molar-refractivity contribution in [3.05, 3.63) is 89.1 Å². The fourth-order valence-corrected chi connectivity index (χ4v) is 4.25. The number of nitrogens with zero attached hydrogens (tertiary/aromatic N) is 2. The predicted octanol–water partition coefficient (Wildman–Crippen LogP) is 5.26. The third-order valence-electron chi connectivity index (χ3n) is 4.19. The van der Waals surface area contributed by atoms with Gasteiger partial charge in [0.05, 0.1) is 17.1 Å². The minimum atomic E-state index is -0.0248. The summed E-state index contributed by atoms with van der Waals surface area (Å²) in [5, 5.41) is 9.03. The molecule has 0 aliphatic heterocycles. The summed E-state index contributed by atoms with van der Waals surface area (Å²) in [5.74, 6) is 2.29. The fourth-order valence-electron chi connectivity index (χ4n) is 2.81. The van der Waals surface area contributed by atoms with Crippen molar-refractivity contribution in [1.82, 2.24) is 10.1 Å². The van der Waals surface area contributed by atoms with Gasteiger partial charge >= 0.3 is 0 Å². The number of thiophene rings is 1. The minimum Gasteiger partial charge on any atom is -0.339 e. The average Bonchev–Trinajstić information content (AvgIpc) is 3.42. The van der Waals surface area contributed by atoms with Crippen molar-refractivity contribution >= 4 is 34.7 Å². The van der Waals surface area contributed by atoms with Crippen LogP contribution in [-0.2, 0) is 17.0 Å². The Morgan fingerprint density at radius 3 is 2.69 bits per heavy atom. The third-order valence-corrected chi connectivity index (χ3v) is 6.06. The Balaban J connectivity index is 1.36. The number of benzene rings is 2. The number of carbonyl (C=O) groups is 1. The number of carbonyl (C=O) groups excluding carboxylic acids is 1. The summed E-state index contributed by atoms with van der Waals surface area (Å²) in [4.78, 5) is 17.8. The van der Waals surface area contributed by atoms with E-state index >= 15 is 0 Å². The number of aromatic nitrogens is 2. The molecule has 7 heteroatoms. The monoisotopic (exact) mass is 421 g/mol. The Morgan fingerprint density at radius 2 is 1.86 bits per heavy atom. The highest BCUT2D eigenvalue weighted by Crippen LogP contribution is 2.24. The van der Waals surface area contributed by atoms with E-state index in [2.05, 4.69) is 27.6 Å². The minimum absolute atomic E-state index is 0.0248. The molecule has 0 radical (unpaired) electrons. The van der Waals surface area contributed by atoms with Crippen LogP contribution in [0.25, 0.3) is 10.7 Å². The second-order valence-corrected chi connectivity index (χ2v) is 8.28. The van der Waals surface area contributed by atoms with E-state index in [1.54, 1.807) is 23.1 Å². The molecule has 0 unspecified atom stereocenters. The number of anilines is 1. The number of thioether (sulfide) groups is 1. The first-order chi connectivity index (χ1) is 14.3. The highest BCUT2D eigenvalue weighted by molar-refractivity contribution is 7.99. The molecule has 0 saturated heterocycles. The predicted molar refractivity (Wildman–Crippen MR) is 118 cm³/mol. The first-order valence-corrected chi connectivity index (χ1v) is 11.2. The van der Waals surface area contributed by atoms with Gasteiger partial charge in [0.2, 0.25) is 17.6 Å². The van der Waals surface area contributed by atoms with E-state index in [1.165, 1.54) is 5.56 Å². The molecule has 0 saturated carbocycles. The molecule has 0 spiro atoms. The maximum absolute atomic E-state index is 12.4. The summed E-state index contributed by atoms with van der Waals surface area (Å²) in [6, 6.07) is 21.7. The Labute approximate surface area is 177 Å². The summed E-state index contributed by atoms with van der Waals surface area (Å²) in [6.45, 7) is 0. The normalized spacial score (nSPS) is 10.8. The van der Waals surface area contributed by atoms with Crippen LogP contribution in [0.15, 0.2) is 76.6 Å². The van der Waals surface area contributed by atoms with Gasteiger partial charge in [0.25, 0.3) is 0 Å². The summed E-state index contributed by atoms with van der Waals surface area (Å²) >= 11 is 3.16. The zero-order chi connectivity index (χ0) is 19.9. The van der Waals surface area contributed by atoms with Crippen LogP contribution in [0.5, 0.6) is 0 Å². The standard InChI is InChI=1S/C22H19N3O2S2/c26-20(15-28-14-16-7-2-1-3-8-16)23-18-10-5-4-9-17(18)13-21-24-22(25-27-21)19-11-6-12-29-19/h1-12H,13-15H2,(H,23,26). The average molecular weight is 422 g/mol. The van der Waals surface area contributed by atoms with Crippen LogP contribution in [0.3, 0.4) is 0 Å². The molecule has 4 rings (SSSR count). The van der Waals surface area contributed by atoms with E-state index in [9.17, 15) is 4.79 Å². The summed E-state index contributed by atoms with van der Waals surface area (Å²) < 4.78 is 5.39. The first kappa shape index (κ1) is 19.4. The van der Waals surface area contributed by atoms with Crippen molar-refractivity contribution in [2.45, 2.75) is 12.2 Å². The van der Waals surface area contributed by atoms with Crippen LogP contribution < -0.4 is 5.32 Å². The summed E-state index contributed by atoms with van der Waals surface area (Å²) in [6.07, 6.45) is 0.464. The maximum Gasteiger partial charge on any atom is 0.234 e. The molecule has 4 aromatic rings. The lowest BCUT2D eigenvalue weighted by molar-refractivity contribution is -0.113. The van der Waals surface area contributed by atoms with E-state index in [0.717, 1.165) is 21.9 Å². The van der Waals surface area contributed by atoms with Crippen molar-refractivity contribution in [1.29, 1.82) is 0 Å². The largest absolute Gasteiger partial charge is 0.339 e. The molecule has 2 aromatic heterocycles. The van der Waals surface area contributed by atoms with Crippen LogP contribution in [0.2, 0.25) is 0 Å². The second-order valence-electron chi connectivity index (χ2n) is 6.35. The number of hydrogen-bond acceptors (Lipinski definition) is 6. The molecule has 5 nitrogen and oxygen atoms in total. The highest BCUT2D eigenvalue weighted by atomic mass is 32.2. The van der Waals surface area contributed by atoms with Gasteiger partial charge in [-0.1, -0.05) is 59.8 Å². The molecule has 0 fully saturated rings. The molecule has 0 aliphatic carbocycles. The third kappa shape index (κ3) is 5.34. The number of rotatable bonds is 8. The molecular weight excluding hydrogens is 402 g/mol. The van der Waals surface area contributed by atoms with Gasteiger partial charge < -0.3 is 9.84 Å². The van der Waals surface area contributed by atoms with Gasteiger partial charge in [-0.05, 0) is 28.6 Å². The van der Waals surface area contributed by atoms with Gasteiger partial charge in [-0.2, -0.15) is 4.98 Å². The molecule has 1 amide bonds. The topological polar surface area (TPSA) is 68.0 Å². The number of amides is 1. The van der Waals surface area contributed by atoms with Crippen molar-refractivity contribution < 1.29 is 9.32 Å². The highest BCUT2D eigenvalue weighted by Gasteiger charge is 2.13. The lowest BCUT2D eigenvalue weighted by Gasteiger charge is -2.09. The molecule has 2 aromatic carbocycles. The Hall–Kier alpha value is -2.90. The zero-order valence-corrected chi connectivity index (χ0v) is 17.2. The first-order valence-electron chi connectivity index (χ1n) is 9.14. The number of hydrogen-bond donors (Lipinski definition) is 1. The second kappa shape index (κ2) is 9.54. The lowest BCUT2D eigenvalue weighted by atomic mass is 10.1. The fraction of sp³-hybridized carbons (Fsp3) is 0.136. The summed E-state index contributed by atoms with van der Waals surface area (Å²) in [7, 11) is 0. The Morgan fingerprint density at radius 1 is 1.03 bits per heavy atom. The Kier molecular flexibility index (Phi) is 6.38. The zero-order valence-electron chi connectivity index (χ0n) is 15.6. The molecule has 1 N–H and O–H groups in total. The van der Waals surface area contributed by atoms with Gasteiger partial charge in [0.15, 0.2) is 0 Å². The van der Waals surface area contributed by atoms with Crippen LogP contribution >= 0.6 is 23.1 Å². The van der Waals surface area contributed by atoms with E-state index in [0.29, 0.717) is 23.9 Å². The molecule has 0 bridgehead atoms. The van der Waals surface area contributed by atoms with E-state index in [4.69, 9.17) is 4.52 Å². The summed E-state index contributed by atoms with van der Waals surface area (Å²) in [5.41, 5.74) is 2.92. The Bertz CT molecular complexity index is 1060. The van der Waals surface area contributed by atoms with Gasteiger partial charge in [-0.25, -0.2) is 0 Å². The number of para-hydroxylation sites is 1. The van der Waals surface area contributed by atoms with Gasteiger partial charge in [0, 0.05) is 11.4 Å². The van der Waals surface area contributed by atoms with Gasteiger partial charge in [-0.15, -0.1) is 23.1 Å². The quantitative estimate of drug-likeness (QED) is 0.420. The van der Waals surface area contributed by atoms with Gasteiger partial charge in [0.1, 0.15) is 0 Å². The van der Waals surface area contributed by atoms with E-state index in [1.807, 2.05) is 60.0 Å². The molecular formula is C22H19N3O2S2. The molecule has 0 aliphatic rings. The van der Waals surface area contributed by atoms with Crippen molar-refractivity contribution in [3.63, 3.8) is 0 Å². The lowest BCUT2D eigenvalue weighted by Crippen LogP contribution is -2.15. The van der Waals surface area contributed by atoms with Crippen LogP contribution in [0, 0.1) is 0 Å². The number of nitrogens with one attached hydrogen (secondary N) is 1. The van der Waals surface area contributed by atoms with Crippen LogP contribution in [-0.4, -0.2) is 21.8 Å². The molecule has 29 heavy (non-hydrogen) atoms. The maximum atomic E-state index is 12.4. The van der Waals surface area contributed by atoms with Crippen molar-refractivity contribution in [2.75, 3.05) is 11.1 Å². The van der Waals surface area contributed by atoms with E-state index in [-0.39, 0.29) is 5.91 Å². The molecule has 0 atom stereocenters. The van der Waals surface area contributed by atoms with Crippen molar-refractivity contribution in [3.8, 4) is 10.7 Å².